The maximum Gasteiger partial charge on any atom is 0.231 e. The van der Waals surface area contributed by atoms with Gasteiger partial charge in [0, 0.05) is 16.7 Å². The van der Waals surface area contributed by atoms with Crippen LogP contribution in [0.5, 0.6) is 0 Å². The van der Waals surface area contributed by atoms with Crippen LogP contribution in [0.25, 0.3) is 0 Å². The van der Waals surface area contributed by atoms with Crippen LogP contribution in [0, 0.1) is 0 Å². The molecule has 1 aromatic rings. The third-order valence-corrected chi connectivity index (χ3v) is 4.49. The molecule has 2 nitrogen and oxygen atoms in total. The SMILES string of the molecule is CCCCCCCCN1C(=O)Cc2c(Br)cccc21. The first-order chi connectivity index (χ1) is 9.24. The van der Waals surface area contributed by atoms with Crippen molar-refractivity contribution in [1.82, 2.24) is 0 Å². The zero-order valence-electron chi connectivity index (χ0n) is 11.6. The maximum atomic E-state index is 12.1. The second kappa shape index (κ2) is 7.09. The van der Waals surface area contributed by atoms with Crippen LogP contribution < -0.4 is 4.90 Å². The summed E-state index contributed by atoms with van der Waals surface area (Å²) in [5.74, 6) is 0.246. The fourth-order valence-electron chi connectivity index (χ4n) is 2.65. The van der Waals surface area contributed by atoms with Crippen LogP contribution in [0.1, 0.15) is 51.0 Å². The molecular weight excluding hydrogens is 302 g/mol. The molecule has 0 atom stereocenters. The first-order valence-corrected chi connectivity index (χ1v) is 8.11. The van der Waals surface area contributed by atoms with Gasteiger partial charge >= 0.3 is 0 Å². The van der Waals surface area contributed by atoms with E-state index in [4.69, 9.17) is 0 Å². The molecule has 2 rings (SSSR count). The van der Waals surface area contributed by atoms with Gasteiger partial charge in [0.05, 0.1) is 6.42 Å². The van der Waals surface area contributed by atoms with Gasteiger partial charge in [0.25, 0.3) is 0 Å². The van der Waals surface area contributed by atoms with Crippen molar-refractivity contribution in [3.63, 3.8) is 0 Å². The van der Waals surface area contributed by atoms with Crippen LogP contribution >= 0.6 is 15.9 Å². The van der Waals surface area contributed by atoms with E-state index in [0.717, 1.165) is 28.7 Å². The zero-order chi connectivity index (χ0) is 13.7. The van der Waals surface area contributed by atoms with Crippen molar-refractivity contribution in [2.75, 3.05) is 11.4 Å². The topological polar surface area (TPSA) is 20.3 Å². The molecule has 0 spiro atoms. The summed E-state index contributed by atoms with van der Waals surface area (Å²) in [4.78, 5) is 14.0. The summed E-state index contributed by atoms with van der Waals surface area (Å²) in [5, 5.41) is 0. The predicted octanol–water partition coefficient (Wildman–Crippen LogP) is 4.70. The fourth-order valence-corrected chi connectivity index (χ4v) is 3.15. The van der Waals surface area contributed by atoms with E-state index in [1.807, 2.05) is 17.0 Å². The molecule has 0 aliphatic carbocycles. The molecule has 0 radical (unpaired) electrons. The average Bonchev–Trinajstić information content (AvgIpc) is 2.72. The number of benzene rings is 1. The normalized spacial score (nSPS) is 14.0. The van der Waals surface area contributed by atoms with Crippen LogP contribution in [-0.2, 0) is 11.2 Å². The van der Waals surface area contributed by atoms with Gasteiger partial charge in [-0.1, -0.05) is 61.0 Å². The van der Waals surface area contributed by atoms with Gasteiger partial charge in [-0.2, -0.15) is 0 Å². The lowest BCUT2D eigenvalue weighted by molar-refractivity contribution is -0.117. The molecular formula is C16H22BrNO. The van der Waals surface area contributed by atoms with Crippen molar-refractivity contribution >= 4 is 27.5 Å². The lowest BCUT2D eigenvalue weighted by atomic mass is 10.1. The van der Waals surface area contributed by atoms with Crippen molar-refractivity contribution in [3.05, 3.63) is 28.2 Å². The third-order valence-electron chi connectivity index (χ3n) is 3.75. The average molecular weight is 324 g/mol. The number of nitrogens with zero attached hydrogens (tertiary/aromatic N) is 1. The van der Waals surface area contributed by atoms with Crippen LogP contribution in [-0.4, -0.2) is 12.5 Å². The Labute approximate surface area is 124 Å². The summed E-state index contributed by atoms with van der Waals surface area (Å²) < 4.78 is 1.06. The monoisotopic (exact) mass is 323 g/mol. The van der Waals surface area contributed by atoms with Crippen molar-refractivity contribution in [3.8, 4) is 0 Å². The molecule has 1 aromatic carbocycles. The van der Waals surface area contributed by atoms with Crippen molar-refractivity contribution < 1.29 is 4.79 Å². The van der Waals surface area contributed by atoms with Crippen molar-refractivity contribution in [1.29, 1.82) is 0 Å². The quantitative estimate of drug-likeness (QED) is 0.666. The highest BCUT2D eigenvalue weighted by molar-refractivity contribution is 9.10. The molecule has 1 heterocycles. The number of carbonyl (C=O) groups excluding carboxylic acids is 1. The first kappa shape index (κ1) is 14.6. The Bertz CT molecular complexity index is 444. The largest absolute Gasteiger partial charge is 0.312 e. The molecule has 0 saturated heterocycles. The summed E-state index contributed by atoms with van der Waals surface area (Å²) in [5.41, 5.74) is 2.26. The molecule has 1 aliphatic heterocycles. The minimum Gasteiger partial charge on any atom is -0.312 e. The van der Waals surface area contributed by atoms with E-state index in [9.17, 15) is 4.79 Å². The molecule has 0 saturated carbocycles. The van der Waals surface area contributed by atoms with E-state index in [0.29, 0.717) is 6.42 Å². The van der Waals surface area contributed by atoms with Gasteiger partial charge in [-0.25, -0.2) is 0 Å². The van der Waals surface area contributed by atoms with Gasteiger partial charge in [0.2, 0.25) is 5.91 Å². The number of hydrogen-bond donors (Lipinski definition) is 0. The van der Waals surface area contributed by atoms with E-state index < -0.39 is 0 Å². The highest BCUT2D eigenvalue weighted by Gasteiger charge is 2.27. The van der Waals surface area contributed by atoms with E-state index in [1.54, 1.807) is 0 Å². The second-order valence-electron chi connectivity index (χ2n) is 5.23. The fraction of sp³-hybridized carbons (Fsp3) is 0.562. The minimum atomic E-state index is 0.246. The smallest absolute Gasteiger partial charge is 0.231 e. The summed E-state index contributed by atoms with van der Waals surface area (Å²) in [7, 11) is 0. The van der Waals surface area contributed by atoms with E-state index in [-0.39, 0.29) is 5.91 Å². The van der Waals surface area contributed by atoms with E-state index in [2.05, 4.69) is 28.9 Å². The Morgan fingerprint density at radius 3 is 2.68 bits per heavy atom. The van der Waals surface area contributed by atoms with Crippen LogP contribution in [0.4, 0.5) is 5.69 Å². The molecule has 19 heavy (non-hydrogen) atoms. The summed E-state index contributed by atoms with van der Waals surface area (Å²) in [6, 6.07) is 6.08. The minimum absolute atomic E-state index is 0.246. The molecule has 1 amide bonds. The van der Waals surface area contributed by atoms with Crippen molar-refractivity contribution in [2.45, 2.75) is 51.9 Å². The lowest BCUT2D eigenvalue weighted by Gasteiger charge is -2.17. The number of halogens is 1. The molecule has 0 bridgehead atoms. The Balaban J connectivity index is 1.85. The molecule has 0 unspecified atom stereocenters. The molecule has 0 aromatic heterocycles. The lowest BCUT2D eigenvalue weighted by Crippen LogP contribution is -2.27. The Hall–Kier alpha value is -0.830. The number of hydrogen-bond acceptors (Lipinski definition) is 1. The van der Waals surface area contributed by atoms with Crippen molar-refractivity contribution in [2.24, 2.45) is 0 Å². The van der Waals surface area contributed by atoms with Gasteiger partial charge in [-0.3, -0.25) is 4.79 Å². The molecule has 3 heteroatoms. The standard InChI is InChI=1S/C16H22BrNO/c1-2-3-4-5-6-7-11-18-15-10-8-9-14(17)13(15)12-16(18)19/h8-10H,2-7,11-12H2,1H3. The van der Waals surface area contributed by atoms with Crippen LogP contribution in [0.3, 0.4) is 0 Å². The number of unbranched alkanes of at least 4 members (excludes halogenated alkanes) is 5. The first-order valence-electron chi connectivity index (χ1n) is 7.31. The molecule has 0 N–H and O–H groups in total. The predicted molar refractivity (Wildman–Crippen MR) is 83.6 cm³/mol. The summed E-state index contributed by atoms with van der Waals surface area (Å²) >= 11 is 3.53. The van der Waals surface area contributed by atoms with Gasteiger partial charge in [-0.15, -0.1) is 0 Å². The van der Waals surface area contributed by atoms with E-state index in [1.165, 1.54) is 32.1 Å². The van der Waals surface area contributed by atoms with Crippen LogP contribution in [0.2, 0.25) is 0 Å². The number of anilines is 1. The number of amides is 1. The Kier molecular flexibility index (Phi) is 5.44. The second-order valence-corrected chi connectivity index (χ2v) is 6.08. The number of carbonyl (C=O) groups is 1. The van der Waals surface area contributed by atoms with Crippen LogP contribution in [0.15, 0.2) is 22.7 Å². The number of rotatable bonds is 7. The zero-order valence-corrected chi connectivity index (χ0v) is 13.2. The molecule has 1 aliphatic rings. The summed E-state index contributed by atoms with van der Waals surface area (Å²) in [6.07, 6.45) is 8.12. The molecule has 0 fully saturated rings. The number of fused-ring (bicyclic) bond motifs is 1. The van der Waals surface area contributed by atoms with E-state index >= 15 is 0 Å². The maximum absolute atomic E-state index is 12.1. The highest BCUT2D eigenvalue weighted by atomic mass is 79.9. The highest BCUT2D eigenvalue weighted by Crippen LogP contribution is 2.34. The third kappa shape index (κ3) is 3.59. The van der Waals surface area contributed by atoms with Gasteiger partial charge in [0.15, 0.2) is 0 Å². The van der Waals surface area contributed by atoms with Gasteiger partial charge in [0.1, 0.15) is 0 Å². The Morgan fingerprint density at radius 1 is 1.16 bits per heavy atom. The molecule has 104 valence electrons. The van der Waals surface area contributed by atoms with Gasteiger partial charge < -0.3 is 4.90 Å². The Morgan fingerprint density at radius 2 is 1.89 bits per heavy atom. The summed E-state index contributed by atoms with van der Waals surface area (Å²) in [6.45, 7) is 3.10. The van der Waals surface area contributed by atoms with Gasteiger partial charge in [-0.05, 0) is 24.1 Å².